The number of carbonyl (C=O) groups excluding carboxylic acids is 3. The second-order valence-electron chi connectivity index (χ2n) is 9.32. The number of esters is 1. The lowest BCUT2D eigenvalue weighted by atomic mass is 9.69. The normalized spacial score (nSPS) is 21.2. The van der Waals surface area contributed by atoms with Crippen molar-refractivity contribution in [1.82, 2.24) is 14.6 Å². The molecule has 1 saturated heterocycles. The van der Waals surface area contributed by atoms with E-state index in [1.165, 1.54) is 26.2 Å². The van der Waals surface area contributed by atoms with Crippen LogP contribution < -0.4 is 11.1 Å². The molecule has 1 aliphatic carbocycles. The summed E-state index contributed by atoms with van der Waals surface area (Å²) in [6, 6.07) is -2.33. The van der Waals surface area contributed by atoms with Gasteiger partial charge in [-0.05, 0) is 40.5 Å². The van der Waals surface area contributed by atoms with Gasteiger partial charge in [0.15, 0.2) is 10.8 Å². The van der Waals surface area contributed by atoms with E-state index in [2.05, 4.69) is 15.5 Å². The molecule has 1 aromatic rings. The van der Waals surface area contributed by atoms with Crippen LogP contribution in [0.5, 0.6) is 0 Å². The van der Waals surface area contributed by atoms with Crippen molar-refractivity contribution in [3.63, 3.8) is 0 Å². The first-order chi connectivity index (χ1) is 17.6. The molecule has 2 heterocycles. The number of nitrogens with one attached hydrogen (secondary N) is 1. The Kier molecular flexibility index (Phi) is 8.33. The number of nitrogen functional groups attached to an aromatic ring is 1. The van der Waals surface area contributed by atoms with Crippen molar-refractivity contribution in [2.45, 2.75) is 64.6 Å². The van der Waals surface area contributed by atoms with Crippen molar-refractivity contribution in [2.24, 2.45) is 10.6 Å². The van der Waals surface area contributed by atoms with E-state index < -0.39 is 69.5 Å². The Labute approximate surface area is 222 Å². The highest BCUT2D eigenvalue weighted by Gasteiger charge is 2.54. The molecule has 2 atom stereocenters. The minimum absolute atomic E-state index is 0.0387. The van der Waals surface area contributed by atoms with E-state index in [1.54, 1.807) is 6.92 Å². The van der Waals surface area contributed by atoms with Crippen LogP contribution in [0.4, 0.5) is 5.13 Å². The Hall–Kier alpha value is -3.31. The van der Waals surface area contributed by atoms with Gasteiger partial charge >= 0.3 is 22.2 Å². The van der Waals surface area contributed by atoms with Crippen LogP contribution in [0.1, 0.15) is 52.7 Å². The molecule has 0 aromatic carbocycles. The summed E-state index contributed by atoms with van der Waals surface area (Å²) in [7, 11) is -4.58. The third-order valence-corrected chi connectivity index (χ3v) is 8.31. The molecular formula is C21H29N5O10S2. The molecule has 1 aliphatic heterocycles. The molecule has 0 unspecified atom stereocenters. The van der Waals surface area contributed by atoms with Crippen LogP contribution in [0.3, 0.4) is 0 Å². The van der Waals surface area contributed by atoms with E-state index in [9.17, 15) is 32.7 Å². The zero-order valence-electron chi connectivity index (χ0n) is 21.1. The van der Waals surface area contributed by atoms with Crippen molar-refractivity contribution < 1.29 is 46.5 Å². The van der Waals surface area contributed by atoms with E-state index in [1.807, 2.05) is 0 Å². The topological polar surface area (TPSA) is 217 Å². The number of oxime groups is 1. The van der Waals surface area contributed by atoms with Crippen molar-refractivity contribution in [3.05, 3.63) is 11.1 Å². The minimum Gasteiger partial charge on any atom is -0.478 e. The Balaban J connectivity index is 1.71. The average molecular weight is 576 g/mol. The summed E-state index contributed by atoms with van der Waals surface area (Å²) in [4.78, 5) is 58.3. The van der Waals surface area contributed by atoms with Gasteiger partial charge in [-0.15, -0.1) is 11.3 Å². The van der Waals surface area contributed by atoms with Gasteiger partial charge in [0.1, 0.15) is 11.7 Å². The highest BCUT2D eigenvalue weighted by molar-refractivity contribution is 7.85. The summed E-state index contributed by atoms with van der Waals surface area (Å²) in [5, 5.41) is 16.7. The van der Waals surface area contributed by atoms with Gasteiger partial charge in [0, 0.05) is 5.38 Å². The number of anilines is 1. The van der Waals surface area contributed by atoms with Gasteiger partial charge in [-0.25, -0.2) is 14.1 Å². The fraction of sp³-hybridized carbons (Fsp3) is 0.619. The van der Waals surface area contributed by atoms with Gasteiger partial charge in [-0.1, -0.05) is 11.6 Å². The number of nitrogens with zero attached hydrogens (tertiary/aromatic N) is 3. The SMILES string of the molecule is CCOC(=O)C1(COS(=O)(=O)N2C(=O)[C@@H](NC(=O)/C(=N/OC(C)(C)C(=O)O)c3csc(N)n3)[C@@H]2C)CCC1. The molecule has 17 heteroatoms. The van der Waals surface area contributed by atoms with Gasteiger partial charge in [-0.2, -0.15) is 8.42 Å². The number of carboxylic acids is 1. The number of nitrogens with two attached hydrogens (primary N) is 1. The van der Waals surface area contributed by atoms with Crippen LogP contribution >= 0.6 is 11.3 Å². The Morgan fingerprint density at radius 3 is 2.50 bits per heavy atom. The summed E-state index contributed by atoms with van der Waals surface area (Å²) < 4.78 is 36.1. The van der Waals surface area contributed by atoms with Crippen molar-refractivity contribution in [1.29, 1.82) is 0 Å². The van der Waals surface area contributed by atoms with Crippen LogP contribution in [0.2, 0.25) is 0 Å². The second kappa shape index (κ2) is 10.8. The number of rotatable bonds is 12. The maximum Gasteiger partial charge on any atom is 0.365 e. The van der Waals surface area contributed by atoms with Crippen LogP contribution in [-0.2, 0) is 43.2 Å². The fourth-order valence-electron chi connectivity index (χ4n) is 3.64. The Bertz CT molecular complexity index is 1250. The maximum absolute atomic E-state index is 13.0. The molecule has 0 spiro atoms. The molecule has 210 valence electrons. The van der Waals surface area contributed by atoms with Crippen LogP contribution in [0, 0.1) is 5.41 Å². The first-order valence-electron chi connectivity index (χ1n) is 11.6. The van der Waals surface area contributed by atoms with Crippen LogP contribution in [-0.4, -0.2) is 83.2 Å². The molecular weight excluding hydrogens is 546 g/mol. The highest BCUT2D eigenvalue weighted by Crippen LogP contribution is 2.43. The Morgan fingerprint density at radius 1 is 1.37 bits per heavy atom. The van der Waals surface area contributed by atoms with Gasteiger partial charge in [0.25, 0.3) is 11.8 Å². The summed E-state index contributed by atoms with van der Waals surface area (Å²) in [6.07, 6.45) is 1.50. The summed E-state index contributed by atoms with van der Waals surface area (Å²) in [6.45, 7) is 5.09. The number of aliphatic carboxylic acids is 1. The maximum atomic E-state index is 13.0. The molecule has 2 amide bonds. The van der Waals surface area contributed by atoms with Crippen molar-refractivity contribution in [3.8, 4) is 0 Å². The number of carboxylic acid groups (broad SMARTS) is 1. The van der Waals surface area contributed by atoms with Crippen LogP contribution in [0.25, 0.3) is 0 Å². The van der Waals surface area contributed by atoms with E-state index >= 15 is 0 Å². The predicted octanol–water partition coefficient (Wildman–Crippen LogP) is 0.0195. The lowest BCUT2D eigenvalue weighted by Crippen LogP contribution is -2.71. The molecule has 0 bridgehead atoms. The Morgan fingerprint density at radius 2 is 2.03 bits per heavy atom. The number of hydrogen-bond donors (Lipinski definition) is 3. The predicted molar refractivity (Wildman–Crippen MR) is 132 cm³/mol. The monoisotopic (exact) mass is 575 g/mol. The standard InChI is InChI=1S/C21H29N5O10S2/c1-5-34-18(31)21(7-6-8-21)10-35-38(32,33)26-11(2)13(16(26)28)24-15(27)14(12-9-37-19(22)23-12)25-36-20(3,4)17(29)30/h9,11,13H,5-8,10H2,1-4H3,(H2,22,23)(H,24,27)(H,29,30)/b25-14+/t11-,13-/m0/s1. The number of thiazole rings is 1. The average Bonchev–Trinajstić information content (AvgIpc) is 3.22. The lowest BCUT2D eigenvalue weighted by molar-refractivity contribution is -0.164. The fourth-order valence-corrected chi connectivity index (χ4v) is 5.54. The third-order valence-electron chi connectivity index (χ3n) is 6.23. The van der Waals surface area contributed by atoms with Gasteiger partial charge in [0.2, 0.25) is 5.60 Å². The third kappa shape index (κ3) is 5.73. The minimum atomic E-state index is -4.58. The molecule has 2 fully saturated rings. The molecule has 1 saturated carbocycles. The molecule has 15 nitrogen and oxygen atoms in total. The summed E-state index contributed by atoms with van der Waals surface area (Å²) in [5.41, 5.74) is 2.23. The first-order valence-corrected chi connectivity index (χ1v) is 13.8. The summed E-state index contributed by atoms with van der Waals surface area (Å²) >= 11 is 0.982. The highest BCUT2D eigenvalue weighted by atomic mass is 32.2. The number of β-lactam (4-membered cyclic amide) rings is 1. The van der Waals surface area contributed by atoms with E-state index in [0.717, 1.165) is 11.3 Å². The lowest BCUT2D eigenvalue weighted by Gasteiger charge is -2.44. The zero-order valence-corrected chi connectivity index (χ0v) is 22.8. The van der Waals surface area contributed by atoms with Crippen molar-refractivity contribution >= 4 is 56.2 Å². The van der Waals surface area contributed by atoms with Gasteiger partial charge < -0.3 is 25.7 Å². The van der Waals surface area contributed by atoms with Crippen LogP contribution in [0.15, 0.2) is 10.5 Å². The van der Waals surface area contributed by atoms with Gasteiger partial charge in [0.05, 0.1) is 24.7 Å². The van der Waals surface area contributed by atoms with E-state index in [-0.39, 0.29) is 17.4 Å². The summed E-state index contributed by atoms with van der Waals surface area (Å²) in [5.74, 6) is -3.87. The molecule has 2 aliphatic rings. The molecule has 0 radical (unpaired) electrons. The van der Waals surface area contributed by atoms with E-state index in [0.29, 0.717) is 23.6 Å². The number of carbonyl (C=O) groups is 4. The quantitative estimate of drug-likeness (QED) is 0.130. The molecule has 1 aromatic heterocycles. The van der Waals surface area contributed by atoms with E-state index in [4.69, 9.17) is 19.5 Å². The number of ether oxygens (including phenoxy) is 1. The van der Waals surface area contributed by atoms with Crippen molar-refractivity contribution in [2.75, 3.05) is 18.9 Å². The second-order valence-corrected chi connectivity index (χ2v) is 11.7. The first kappa shape index (κ1) is 29.2. The smallest absolute Gasteiger partial charge is 0.365 e. The molecule has 4 N–H and O–H groups in total. The largest absolute Gasteiger partial charge is 0.478 e. The molecule has 3 rings (SSSR count). The number of aromatic nitrogens is 1. The number of hydrogen-bond acceptors (Lipinski definition) is 13. The molecule has 38 heavy (non-hydrogen) atoms. The van der Waals surface area contributed by atoms with Gasteiger partial charge in [-0.3, -0.25) is 18.6 Å². The number of amides is 2. The zero-order chi connectivity index (χ0) is 28.5.